The van der Waals surface area contributed by atoms with Crippen molar-refractivity contribution in [2.75, 3.05) is 165 Å². The lowest BCUT2D eigenvalue weighted by atomic mass is 10.0. The highest BCUT2D eigenvalue weighted by Crippen LogP contribution is 2.49. The van der Waals surface area contributed by atoms with E-state index in [0.717, 1.165) is 109 Å². The van der Waals surface area contributed by atoms with Crippen LogP contribution < -0.4 is 66.3 Å². The monoisotopic (exact) mass is 1650 g/mol. The van der Waals surface area contributed by atoms with Gasteiger partial charge in [-0.05, 0) is 173 Å². The van der Waals surface area contributed by atoms with Crippen molar-refractivity contribution in [1.82, 2.24) is 44.6 Å². The molecule has 602 valence electrons. The Balaban J connectivity index is 0.000000169. The molecular weight excluding hydrogens is 1550 g/mol. The molecule has 13 rings (SSSR count). The van der Waals surface area contributed by atoms with Crippen LogP contribution in [0.15, 0.2) is 156 Å². The number of ether oxygens (including phenoxy) is 4. The van der Waals surface area contributed by atoms with Crippen molar-refractivity contribution in [2.24, 2.45) is 0 Å². The first-order valence-electron chi connectivity index (χ1n) is 37.5. The number of sulfone groups is 2. The van der Waals surface area contributed by atoms with Gasteiger partial charge in [0.1, 0.15) is 55.3 Å². The molecule has 3 saturated heterocycles. The minimum Gasteiger partial charge on any atom is -0.496 e. The zero-order chi connectivity index (χ0) is 81.2. The van der Waals surface area contributed by atoms with Gasteiger partial charge in [-0.15, -0.1) is 0 Å². The minimum atomic E-state index is -3.55. The molecule has 0 atom stereocenters. The lowest BCUT2D eigenvalue weighted by molar-refractivity contribution is 0.129. The zero-order valence-electron chi connectivity index (χ0n) is 66.6. The van der Waals surface area contributed by atoms with Crippen LogP contribution in [-0.4, -0.2) is 212 Å². The number of hydrogen-bond donors (Lipinski definition) is 5. The molecule has 6 heterocycles. The van der Waals surface area contributed by atoms with Crippen LogP contribution in [0, 0.1) is 0 Å². The lowest BCUT2D eigenvalue weighted by Gasteiger charge is -2.41. The van der Waals surface area contributed by atoms with Gasteiger partial charge in [-0.25, -0.2) is 36.8 Å². The van der Waals surface area contributed by atoms with E-state index < -0.39 is 51.6 Å². The smallest absolute Gasteiger partial charge is 0.229 e. The lowest BCUT2D eigenvalue weighted by Crippen LogP contribution is -2.48. The van der Waals surface area contributed by atoms with Gasteiger partial charge in [-0.3, -0.25) is 4.90 Å². The van der Waals surface area contributed by atoms with Crippen molar-refractivity contribution in [3.05, 3.63) is 174 Å². The predicted molar refractivity (Wildman–Crippen MR) is 460 cm³/mol. The maximum atomic E-state index is 14.0. The number of likely N-dealkylation sites (tertiary alicyclic amines) is 1. The maximum Gasteiger partial charge on any atom is 0.229 e. The average Bonchev–Trinajstić information content (AvgIpc) is 1.75. The third-order valence-electron chi connectivity index (χ3n) is 20.4. The van der Waals surface area contributed by atoms with Crippen LogP contribution in [0.3, 0.4) is 0 Å². The van der Waals surface area contributed by atoms with Crippen LogP contribution in [0.5, 0.6) is 23.0 Å². The number of anilines is 11. The van der Waals surface area contributed by atoms with Gasteiger partial charge < -0.3 is 73.9 Å². The molecule has 0 spiro atoms. The zero-order valence-corrected chi connectivity index (χ0v) is 71.6. The van der Waals surface area contributed by atoms with Crippen LogP contribution in [-0.2, 0) is 46.2 Å². The normalized spacial score (nSPS) is 15.6. The fourth-order valence-corrected chi connectivity index (χ4v) is 20.8. The first-order chi connectivity index (χ1) is 53.8. The number of methoxy groups -OCH3 is 4. The summed E-state index contributed by atoms with van der Waals surface area (Å²) >= 11 is 6.40. The molecule has 3 fully saturated rings. The molecule has 9 aromatic rings. The second-order valence-corrected chi connectivity index (χ2v) is 44.6. The number of allylic oxidation sites excluding steroid dienone is 1. The van der Waals surface area contributed by atoms with Crippen molar-refractivity contribution in [1.29, 1.82) is 0 Å². The van der Waals surface area contributed by atoms with E-state index in [2.05, 4.69) is 111 Å². The average molecular weight is 1660 g/mol. The molecule has 113 heavy (non-hydrogen) atoms. The van der Waals surface area contributed by atoms with Crippen LogP contribution >= 0.6 is 33.0 Å². The molecule has 32 heteroatoms. The summed E-state index contributed by atoms with van der Waals surface area (Å²) < 4.78 is 113. The maximum absolute atomic E-state index is 14.0. The van der Waals surface area contributed by atoms with Crippen LogP contribution in [0.25, 0.3) is 6.08 Å². The molecule has 3 aromatic heterocycles. The summed E-state index contributed by atoms with van der Waals surface area (Å²) in [5.41, 5.74) is 7.00. The van der Waals surface area contributed by atoms with Crippen molar-refractivity contribution in [3.8, 4) is 23.0 Å². The Bertz CT molecular complexity index is 5320. The van der Waals surface area contributed by atoms with Crippen molar-refractivity contribution >= 4 is 138 Å². The number of nitrogens with zero attached hydrogens (tertiary/aromatic N) is 10. The van der Waals surface area contributed by atoms with E-state index >= 15 is 0 Å². The van der Waals surface area contributed by atoms with E-state index in [1.165, 1.54) is 45.1 Å². The summed E-state index contributed by atoms with van der Waals surface area (Å²) in [6.45, 7) is 21.6. The van der Waals surface area contributed by atoms with Gasteiger partial charge in [0.05, 0.1) is 95.3 Å². The number of hydrogen-bond acceptors (Lipinski definition) is 26. The van der Waals surface area contributed by atoms with Crippen LogP contribution in [0.2, 0.25) is 5.02 Å². The van der Waals surface area contributed by atoms with Gasteiger partial charge in [0.15, 0.2) is 37.1 Å². The van der Waals surface area contributed by atoms with E-state index in [-0.39, 0.29) is 38.3 Å². The van der Waals surface area contributed by atoms with Crippen molar-refractivity contribution in [2.45, 2.75) is 79.7 Å². The van der Waals surface area contributed by atoms with E-state index in [4.69, 9.17) is 40.5 Å². The van der Waals surface area contributed by atoms with E-state index in [1.807, 2.05) is 42.5 Å². The highest BCUT2D eigenvalue weighted by molar-refractivity contribution is 7.92. The molecule has 1 aliphatic carbocycles. The van der Waals surface area contributed by atoms with Gasteiger partial charge in [0.25, 0.3) is 0 Å². The largest absolute Gasteiger partial charge is 0.496 e. The Morgan fingerprint density at radius 1 is 0.540 bits per heavy atom. The van der Waals surface area contributed by atoms with E-state index in [9.17, 15) is 30.5 Å². The number of rotatable bonds is 25. The highest BCUT2D eigenvalue weighted by atomic mass is 35.5. The summed E-state index contributed by atoms with van der Waals surface area (Å²) in [5.74, 6) is 4.70. The standard InChI is InChI=1S/C30H40ClN6O4PS.C28H34N5O2P.C23H29N4O5PS/c1-21(2)43(39,40)28-8-6-5-7-26(28)33-29-24(31)20-32-30(35-29)34-25-10-9-23(19-27(25)41-4)42(38)17-15-37(16-18-42)22-11-13-36(3)14-12-22;1-32-14-16-33(17-15-32)21-13-12-20(25(19-21)35-2)18-27-29-23-10-7-8-22(23)28(31-27)30-24-9-5-6-11-26(24)36(3,4)34;1-15(2)34(29,30)21-10-8-7-9-18(21)25-22-20(32-4)14-24-23(27-22)26-17-12-11-16(33(5,6)28)13-19(17)31-3/h5-10,19-22H,11-18H2,1-4H3,(H2,32,33,34,35);5-9,11-13,19H,10,14-18H2,1-4H3,(H,29,30,31);7-15H,1-6H3,(H2,24,25,26,27). The number of likely N-dealkylation sites (N-methyl/N-ethyl adjacent to an activating group) is 1. The molecule has 0 unspecified atom stereocenters. The first-order valence-corrected chi connectivity index (χ1v) is 48.2. The third-order valence-corrected chi connectivity index (χ3v) is 31.2. The number of nitrogens with one attached hydrogen (secondary N) is 5. The fraction of sp³-hybridized carbons (Fsp3) is 0.383. The van der Waals surface area contributed by atoms with Gasteiger partial charge in [0, 0.05) is 109 Å². The molecule has 26 nitrogen and oxygen atoms in total. The number of aromatic nitrogens is 6. The number of piperazine rings is 1. The molecule has 0 radical (unpaired) electrons. The number of fused-ring (bicyclic) bond motifs is 1. The summed E-state index contributed by atoms with van der Waals surface area (Å²) in [6.07, 6.45) is 12.1. The minimum absolute atomic E-state index is 0.165. The Morgan fingerprint density at radius 3 is 1.65 bits per heavy atom. The number of benzene rings is 6. The molecule has 0 amide bonds. The van der Waals surface area contributed by atoms with Gasteiger partial charge in [-0.1, -0.05) is 66.2 Å². The summed E-state index contributed by atoms with van der Waals surface area (Å²) in [7, 11) is -3.92. The first kappa shape index (κ1) is 85.0. The molecular formula is C81H103ClN15O11P3S2. The summed E-state index contributed by atoms with van der Waals surface area (Å²) in [5, 5.41) is 17.3. The second kappa shape index (κ2) is 36.7. The van der Waals surface area contributed by atoms with E-state index in [1.54, 1.807) is 135 Å². The SMILES string of the molecule is COc1cc(N2CCN(C)CC2)ccc1Cc1nc2c(c(Nc3ccccc3P(C)(C)=O)n1)C=CC2.COc1cc(P(C)(C)=O)ccc1Nc1ncc(OC)c(Nc2ccccc2S(=O)(=O)C(C)C)n1.COc1cc(P2(=O)CCN(C3CCN(C)CC3)CC2)ccc1Nc1ncc(Cl)c(Nc2ccccc2S(=O)(=O)C(C)C)n1. The number of piperidine rings is 1. The molecule has 3 aliphatic heterocycles. The molecule has 0 bridgehead atoms. The highest BCUT2D eigenvalue weighted by Gasteiger charge is 2.35. The van der Waals surface area contributed by atoms with Crippen LogP contribution in [0.4, 0.5) is 63.5 Å². The second-order valence-electron chi connectivity index (χ2n) is 29.6. The van der Waals surface area contributed by atoms with Crippen molar-refractivity contribution < 1.29 is 49.5 Å². The molecule has 4 aliphatic rings. The van der Waals surface area contributed by atoms with Gasteiger partial charge >= 0.3 is 0 Å². The molecule has 5 N–H and O–H groups in total. The van der Waals surface area contributed by atoms with E-state index in [0.29, 0.717) is 70.1 Å². The fourth-order valence-electron chi connectivity index (χ4n) is 13.6. The molecule has 6 aromatic carbocycles. The number of para-hydroxylation sites is 3. The van der Waals surface area contributed by atoms with Crippen LogP contribution in [0.1, 0.15) is 63.2 Å². The summed E-state index contributed by atoms with van der Waals surface area (Å²) in [4.78, 5) is 37.4. The third kappa shape index (κ3) is 20.8. The predicted octanol–water partition coefficient (Wildman–Crippen LogP) is 14.0. The Morgan fingerprint density at radius 2 is 1.07 bits per heavy atom. The number of halogens is 1. The van der Waals surface area contributed by atoms with Gasteiger partial charge in [0.2, 0.25) is 11.9 Å². The summed E-state index contributed by atoms with van der Waals surface area (Å²) in [6, 6.07) is 38.9. The quantitative estimate of drug-likeness (QED) is 0.0332. The topological polar surface area (TPSA) is 307 Å². The molecule has 0 saturated carbocycles. The van der Waals surface area contributed by atoms with Crippen molar-refractivity contribution in [3.63, 3.8) is 0 Å². The Kier molecular flexibility index (Phi) is 27.6. The Hall–Kier alpha value is -8.94. The Labute approximate surface area is 669 Å². The van der Waals surface area contributed by atoms with Gasteiger partial charge in [-0.2, -0.15) is 9.97 Å².